The molecular formula is C20H19N2+. The van der Waals surface area contributed by atoms with E-state index in [0.29, 0.717) is 0 Å². The zero-order valence-corrected chi connectivity index (χ0v) is 13.0. The quantitative estimate of drug-likeness (QED) is 0.487. The van der Waals surface area contributed by atoms with Crippen LogP contribution in [0.1, 0.15) is 29.4 Å². The van der Waals surface area contributed by atoms with Gasteiger partial charge in [0.05, 0.1) is 5.39 Å². The second-order valence-electron chi connectivity index (χ2n) is 5.77. The third-order valence-electron chi connectivity index (χ3n) is 4.52. The van der Waals surface area contributed by atoms with Gasteiger partial charge in [-0.15, -0.1) is 0 Å². The fourth-order valence-corrected chi connectivity index (χ4v) is 3.52. The van der Waals surface area contributed by atoms with E-state index in [-0.39, 0.29) is 0 Å². The van der Waals surface area contributed by atoms with Crippen LogP contribution in [0.3, 0.4) is 0 Å². The monoisotopic (exact) mass is 287 g/mol. The predicted molar refractivity (Wildman–Crippen MR) is 92.1 cm³/mol. The number of para-hydroxylation sites is 1. The molecule has 2 nitrogen and oxygen atoms in total. The number of benzene rings is 1. The lowest BCUT2D eigenvalue weighted by atomic mass is 10.1. The Morgan fingerprint density at radius 1 is 1.18 bits per heavy atom. The maximum atomic E-state index is 4.06. The van der Waals surface area contributed by atoms with Crippen LogP contribution in [0.4, 0.5) is 0 Å². The minimum Gasteiger partial charge on any atom is -0.226 e. The SMILES string of the molecule is C=Cc1c(/C=C\C)c2ccc(C)[n+]3c2n1-c1ccccc1C3. The van der Waals surface area contributed by atoms with Crippen molar-refractivity contribution in [1.82, 2.24) is 4.57 Å². The highest BCUT2D eigenvalue weighted by molar-refractivity contribution is 5.92. The first-order valence-electron chi connectivity index (χ1n) is 7.67. The van der Waals surface area contributed by atoms with Crippen molar-refractivity contribution < 1.29 is 4.57 Å². The number of aromatic nitrogens is 2. The lowest BCUT2D eigenvalue weighted by Crippen LogP contribution is -2.42. The van der Waals surface area contributed by atoms with Crippen LogP contribution in [-0.4, -0.2) is 4.57 Å². The van der Waals surface area contributed by atoms with E-state index in [0.717, 1.165) is 6.54 Å². The summed E-state index contributed by atoms with van der Waals surface area (Å²) in [6, 6.07) is 13.1. The van der Waals surface area contributed by atoms with Gasteiger partial charge in [0, 0.05) is 11.1 Å². The van der Waals surface area contributed by atoms with Crippen LogP contribution < -0.4 is 4.57 Å². The van der Waals surface area contributed by atoms with Crippen LogP contribution in [0.2, 0.25) is 0 Å². The van der Waals surface area contributed by atoms with E-state index >= 15 is 0 Å². The third-order valence-corrected chi connectivity index (χ3v) is 4.52. The van der Waals surface area contributed by atoms with Crippen molar-refractivity contribution in [2.75, 3.05) is 0 Å². The summed E-state index contributed by atoms with van der Waals surface area (Å²) in [4.78, 5) is 0. The Morgan fingerprint density at radius 3 is 2.77 bits per heavy atom. The maximum Gasteiger partial charge on any atom is 0.295 e. The molecule has 0 amide bonds. The zero-order chi connectivity index (χ0) is 15.3. The fourth-order valence-electron chi connectivity index (χ4n) is 3.52. The number of allylic oxidation sites excluding steroid dienone is 1. The van der Waals surface area contributed by atoms with Crippen molar-refractivity contribution in [3.05, 3.63) is 71.6 Å². The van der Waals surface area contributed by atoms with Gasteiger partial charge in [0.2, 0.25) is 0 Å². The summed E-state index contributed by atoms with van der Waals surface area (Å²) < 4.78 is 4.75. The summed E-state index contributed by atoms with van der Waals surface area (Å²) in [5.74, 6) is 0. The van der Waals surface area contributed by atoms with Crippen LogP contribution in [0, 0.1) is 6.92 Å². The minimum absolute atomic E-state index is 0.926. The van der Waals surface area contributed by atoms with E-state index < -0.39 is 0 Å². The highest BCUT2D eigenvalue weighted by Gasteiger charge is 2.31. The average molecular weight is 287 g/mol. The molecule has 0 saturated heterocycles. The summed E-state index contributed by atoms with van der Waals surface area (Å²) in [6.07, 6.45) is 6.25. The number of nitrogens with zero attached hydrogens (tertiary/aromatic N) is 2. The largest absolute Gasteiger partial charge is 0.295 e. The van der Waals surface area contributed by atoms with E-state index in [2.05, 4.69) is 78.1 Å². The third kappa shape index (κ3) is 1.58. The average Bonchev–Trinajstić information content (AvgIpc) is 2.86. The van der Waals surface area contributed by atoms with E-state index in [9.17, 15) is 0 Å². The minimum atomic E-state index is 0.926. The molecule has 0 spiro atoms. The Balaban J connectivity index is 2.26. The van der Waals surface area contributed by atoms with Crippen molar-refractivity contribution in [3.8, 4) is 5.69 Å². The molecule has 3 aromatic rings. The van der Waals surface area contributed by atoms with Crippen molar-refractivity contribution in [2.45, 2.75) is 20.4 Å². The zero-order valence-electron chi connectivity index (χ0n) is 13.0. The standard InChI is InChI=1S/C20H19N2/c1-4-8-16-17-12-11-14(3)21-13-15-9-6-7-10-19(15)22(20(17)21)18(16)5-2/h4-12H,2,13H2,1,3H3/q+1/b8-4-. The molecule has 0 atom stereocenters. The molecule has 4 rings (SSSR count). The Labute approximate surface area is 130 Å². The Hall–Kier alpha value is -2.61. The Bertz CT molecular complexity index is 942. The molecule has 0 saturated carbocycles. The number of pyridine rings is 1. The Morgan fingerprint density at radius 2 is 2.00 bits per heavy atom. The predicted octanol–water partition coefficient (Wildman–Crippen LogP) is 4.26. The molecule has 2 heteroatoms. The fraction of sp³-hybridized carbons (Fsp3) is 0.150. The summed E-state index contributed by atoms with van der Waals surface area (Å²) in [5.41, 5.74) is 7.58. The van der Waals surface area contributed by atoms with E-state index in [1.54, 1.807) is 0 Å². The lowest BCUT2D eigenvalue weighted by Gasteiger charge is -2.16. The van der Waals surface area contributed by atoms with Crippen LogP contribution in [-0.2, 0) is 6.54 Å². The van der Waals surface area contributed by atoms with Gasteiger partial charge >= 0.3 is 0 Å². The molecule has 22 heavy (non-hydrogen) atoms. The molecule has 108 valence electrons. The Kier molecular flexibility index (Phi) is 2.80. The van der Waals surface area contributed by atoms with Crippen molar-refractivity contribution in [1.29, 1.82) is 0 Å². The van der Waals surface area contributed by atoms with Crippen molar-refractivity contribution in [3.63, 3.8) is 0 Å². The molecule has 3 heterocycles. The van der Waals surface area contributed by atoms with Crippen LogP contribution in [0.25, 0.3) is 28.9 Å². The van der Waals surface area contributed by atoms with Gasteiger partial charge in [0.1, 0.15) is 23.6 Å². The van der Waals surface area contributed by atoms with Crippen molar-refractivity contribution in [2.24, 2.45) is 0 Å². The maximum absolute atomic E-state index is 4.06. The van der Waals surface area contributed by atoms with Gasteiger partial charge in [-0.1, -0.05) is 36.9 Å². The molecule has 1 aromatic carbocycles. The molecule has 2 aromatic heterocycles. The van der Waals surface area contributed by atoms with E-state index in [4.69, 9.17) is 0 Å². The van der Waals surface area contributed by atoms with Gasteiger partial charge in [0.25, 0.3) is 5.65 Å². The summed E-state index contributed by atoms with van der Waals surface area (Å²) >= 11 is 0. The second-order valence-corrected chi connectivity index (χ2v) is 5.77. The molecule has 0 unspecified atom stereocenters. The first-order valence-corrected chi connectivity index (χ1v) is 7.67. The van der Waals surface area contributed by atoms with Gasteiger partial charge in [-0.2, -0.15) is 4.57 Å². The highest BCUT2D eigenvalue weighted by atomic mass is 15.2. The molecule has 0 bridgehead atoms. The first-order chi connectivity index (χ1) is 10.8. The molecule has 1 aliphatic rings. The van der Waals surface area contributed by atoms with Crippen LogP contribution in [0.5, 0.6) is 0 Å². The molecule has 0 N–H and O–H groups in total. The molecule has 1 aliphatic heterocycles. The first kappa shape index (κ1) is 13.1. The van der Waals surface area contributed by atoms with Gasteiger partial charge in [-0.3, -0.25) is 0 Å². The van der Waals surface area contributed by atoms with E-state index in [1.165, 1.54) is 39.2 Å². The molecule has 0 radical (unpaired) electrons. The van der Waals surface area contributed by atoms with Gasteiger partial charge < -0.3 is 0 Å². The number of fused-ring (bicyclic) bond motifs is 2. The lowest BCUT2D eigenvalue weighted by molar-refractivity contribution is -0.672. The summed E-state index contributed by atoms with van der Waals surface area (Å²) in [7, 11) is 0. The smallest absolute Gasteiger partial charge is 0.226 e. The van der Waals surface area contributed by atoms with E-state index in [1.807, 2.05) is 6.08 Å². The molecular weight excluding hydrogens is 268 g/mol. The number of hydrogen-bond donors (Lipinski definition) is 0. The number of hydrogen-bond acceptors (Lipinski definition) is 0. The summed E-state index contributed by atoms with van der Waals surface area (Å²) in [5, 5.41) is 1.29. The van der Waals surface area contributed by atoms with Gasteiger partial charge in [0.15, 0.2) is 0 Å². The van der Waals surface area contributed by atoms with Gasteiger partial charge in [-0.25, -0.2) is 4.57 Å². The number of rotatable bonds is 2. The van der Waals surface area contributed by atoms with Gasteiger partial charge in [-0.05, 0) is 38.1 Å². The molecule has 0 aliphatic carbocycles. The normalized spacial score (nSPS) is 12.8. The molecule has 0 fully saturated rings. The highest BCUT2D eigenvalue weighted by Crippen LogP contribution is 2.33. The number of aryl methyl sites for hydroxylation is 1. The van der Waals surface area contributed by atoms with Crippen molar-refractivity contribution >= 4 is 23.2 Å². The van der Waals surface area contributed by atoms with Crippen LogP contribution >= 0.6 is 0 Å². The topological polar surface area (TPSA) is 8.81 Å². The second kappa shape index (κ2) is 4.70. The van der Waals surface area contributed by atoms with Crippen LogP contribution in [0.15, 0.2) is 49.1 Å². The summed E-state index contributed by atoms with van der Waals surface area (Å²) in [6.45, 7) is 9.22.